The first kappa shape index (κ1) is 13.3. The van der Waals surface area contributed by atoms with Crippen molar-refractivity contribution >= 4 is 5.78 Å². The summed E-state index contributed by atoms with van der Waals surface area (Å²) >= 11 is 0. The van der Waals surface area contributed by atoms with Gasteiger partial charge in [0.1, 0.15) is 11.4 Å². The minimum atomic E-state index is -0.118. The van der Waals surface area contributed by atoms with Crippen molar-refractivity contribution in [3.8, 4) is 5.75 Å². The lowest BCUT2D eigenvalue weighted by Crippen LogP contribution is -2.06. The molecule has 1 aromatic carbocycles. The maximum Gasteiger partial charge on any atom is 0.215 e. The van der Waals surface area contributed by atoms with Gasteiger partial charge in [-0.05, 0) is 35.7 Å². The first-order valence-corrected chi connectivity index (χ1v) is 6.27. The molecule has 0 spiro atoms. The van der Waals surface area contributed by atoms with Crippen LogP contribution < -0.4 is 4.74 Å². The van der Waals surface area contributed by atoms with Crippen LogP contribution in [0.2, 0.25) is 0 Å². The summed E-state index contributed by atoms with van der Waals surface area (Å²) in [5, 5.41) is 0. The minimum Gasteiger partial charge on any atom is -0.496 e. The molecule has 0 N–H and O–H groups in total. The number of nitrogens with zero attached hydrogens (tertiary/aromatic N) is 1. The molecule has 1 heterocycles. The van der Waals surface area contributed by atoms with E-state index >= 15 is 0 Å². The maximum atomic E-state index is 12.4. The molecule has 0 unspecified atom stereocenters. The van der Waals surface area contributed by atoms with Gasteiger partial charge in [-0.25, -0.2) is 0 Å². The minimum absolute atomic E-state index is 0.118. The van der Waals surface area contributed by atoms with Gasteiger partial charge in [0.15, 0.2) is 0 Å². The van der Waals surface area contributed by atoms with Crippen molar-refractivity contribution in [2.45, 2.75) is 19.8 Å². The van der Waals surface area contributed by atoms with E-state index < -0.39 is 0 Å². The van der Waals surface area contributed by atoms with Crippen LogP contribution in [0.1, 0.15) is 41.4 Å². The lowest BCUT2D eigenvalue weighted by molar-refractivity contribution is 0.103. The van der Waals surface area contributed by atoms with Gasteiger partial charge in [0.05, 0.1) is 12.7 Å². The lowest BCUT2D eigenvalue weighted by Gasteiger charge is -2.11. The van der Waals surface area contributed by atoms with E-state index in [4.69, 9.17) is 4.74 Å². The molecule has 3 nitrogen and oxygen atoms in total. The van der Waals surface area contributed by atoms with E-state index in [1.165, 1.54) is 0 Å². The molecular weight excluding hydrogens is 238 g/mol. The summed E-state index contributed by atoms with van der Waals surface area (Å²) in [4.78, 5) is 16.4. The predicted molar refractivity (Wildman–Crippen MR) is 74.8 cm³/mol. The Hall–Kier alpha value is -2.16. The average Bonchev–Trinajstić information content (AvgIpc) is 2.46. The molecule has 0 radical (unpaired) electrons. The second-order valence-corrected chi connectivity index (χ2v) is 4.66. The van der Waals surface area contributed by atoms with Crippen LogP contribution >= 0.6 is 0 Å². The number of rotatable bonds is 4. The number of pyridine rings is 1. The fourth-order valence-corrected chi connectivity index (χ4v) is 1.89. The van der Waals surface area contributed by atoms with E-state index in [0.29, 0.717) is 22.9 Å². The molecule has 98 valence electrons. The van der Waals surface area contributed by atoms with E-state index in [2.05, 4.69) is 18.8 Å². The molecule has 0 saturated heterocycles. The quantitative estimate of drug-likeness (QED) is 0.785. The predicted octanol–water partition coefficient (Wildman–Crippen LogP) is 3.44. The van der Waals surface area contributed by atoms with Crippen LogP contribution in [-0.2, 0) is 0 Å². The largest absolute Gasteiger partial charge is 0.496 e. The highest BCUT2D eigenvalue weighted by atomic mass is 16.5. The number of methoxy groups -OCH3 is 1. The standard InChI is InChI=1S/C16H17NO2/c1-11(2)12-7-8-13(15(10-12)19-3)16(18)14-6-4-5-9-17-14/h4-11H,1-3H3. The van der Waals surface area contributed by atoms with Crippen LogP contribution in [0.15, 0.2) is 42.6 Å². The fourth-order valence-electron chi connectivity index (χ4n) is 1.89. The van der Waals surface area contributed by atoms with Crippen molar-refractivity contribution in [1.82, 2.24) is 4.98 Å². The van der Waals surface area contributed by atoms with E-state index in [-0.39, 0.29) is 5.78 Å². The fraction of sp³-hybridized carbons (Fsp3) is 0.250. The van der Waals surface area contributed by atoms with Crippen LogP contribution in [0, 0.1) is 0 Å². The van der Waals surface area contributed by atoms with Gasteiger partial charge in [0, 0.05) is 6.20 Å². The Morgan fingerprint density at radius 1 is 1.21 bits per heavy atom. The first-order valence-electron chi connectivity index (χ1n) is 6.27. The zero-order chi connectivity index (χ0) is 13.8. The second-order valence-electron chi connectivity index (χ2n) is 4.66. The molecule has 3 heteroatoms. The van der Waals surface area contributed by atoms with E-state index in [0.717, 1.165) is 5.56 Å². The number of carbonyl (C=O) groups is 1. The highest BCUT2D eigenvalue weighted by Gasteiger charge is 2.16. The van der Waals surface area contributed by atoms with E-state index in [1.54, 1.807) is 31.5 Å². The number of carbonyl (C=O) groups excluding carboxylic acids is 1. The Bertz CT molecular complexity index is 577. The summed E-state index contributed by atoms with van der Waals surface area (Å²) in [6, 6.07) is 11.0. The second kappa shape index (κ2) is 5.65. The molecular formula is C16H17NO2. The van der Waals surface area contributed by atoms with Crippen molar-refractivity contribution in [1.29, 1.82) is 0 Å². The Morgan fingerprint density at radius 3 is 2.58 bits per heavy atom. The number of hydrogen-bond acceptors (Lipinski definition) is 3. The molecule has 1 aromatic heterocycles. The summed E-state index contributed by atoms with van der Waals surface area (Å²) in [6.45, 7) is 4.21. The molecule has 0 atom stereocenters. The molecule has 0 aliphatic rings. The number of ether oxygens (including phenoxy) is 1. The Labute approximate surface area is 113 Å². The van der Waals surface area contributed by atoms with E-state index in [1.807, 2.05) is 18.2 Å². The third kappa shape index (κ3) is 2.81. The smallest absolute Gasteiger partial charge is 0.215 e. The Balaban J connectivity index is 2.42. The number of hydrogen-bond donors (Lipinski definition) is 0. The molecule has 19 heavy (non-hydrogen) atoms. The lowest BCUT2D eigenvalue weighted by atomic mass is 9.98. The molecule has 0 saturated carbocycles. The van der Waals surface area contributed by atoms with Crippen molar-refractivity contribution < 1.29 is 9.53 Å². The average molecular weight is 255 g/mol. The van der Waals surface area contributed by atoms with Gasteiger partial charge in [0.25, 0.3) is 0 Å². The normalized spacial score (nSPS) is 10.5. The maximum absolute atomic E-state index is 12.4. The molecule has 2 rings (SSSR count). The van der Waals surface area contributed by atoms with Crippen LogP contribution in [0.4, 0.5) is 0 Å². The molecule has 2 aromatic rings. The monoisotopic (exact) mass is 255 g/mol. The summed E-state index contributed by atoms with van der Waals surface area (Å²) < 4.78 is 5.33. The van der Waals surface area contributed by atoms with Gasteiger partial charge in [-0.2, -0.15) is 0 Å². The third-order valence-electron chi connectivity index (χ3n) is 3.03. The Morgan fingerprint density at radius 2 is 2.00 bits per heavy atom. The van der Waals surface area contributed by atoms with Crippen molar-refractivity contribution in [2.24, 2.45) is 0 Å². The third-order valence-corrected chi connectivity index (χ3v) is 3.03. The van der Waals surface area contributed by atoms with Crippen LogP contribution in [-0.4, -0.2) is 17.9 Å². The van der Waals surface area contributed by atoms with Crippen molar-refractivity contribution in [2.75, 3.05) is 7.11 Å². The zero-order valence-electron chi connectivity index (χ0n) is 11.4. The van der Waals surface area contributed by atoms with Crippen LogP contribution in [0.3, 0.4) is 0 Å². The summed E-state index contributed by atoms with van der Waals surface area (Å²) in [6.07, 6.45) is 1.61. The van der Waals surface area contributed by atoms with Crippen LogP contribution in [0.25, 0.3) is 0 Å². The van der Waals surface area contributed by atoms with Gasteiger partial charge in [-0.15, -0.1) is 0 Å². The summed E-state index contributed by atoms with van der Waals surface area (Å²) in [5.41, 5.74) is 2.12. The number of aromatic nitrogens is 1. The topological polar surface area (TPSA) is 39.2 Å². The highest BCUT2D eigenvalue weighted by Crippen LogP contribution is 2.26. The molecule has 0 aliphatic carbocycles. The first-order chi connectivity index (χ1) is 9.13. The van der Waals surface area contributed by atoms with Crippen LogP contribution in [0.5, 0.6) is 5.75 Å². The van der Waals surface area contributed by atoms with Crippen molar-refractivity contribution in [3.05, 3.63) is 59.4 Å². The van der Waals surface area contributed by atoms with Gasteiger partial charge < -0.3 is 4.74 Å². The molecule has 0 amide bonds. The SMILES string of the molecule is COc1cc(C(C)C)ccc1C(=O)c1ccccn1. The molecule has 0 aliphatic heterocycles. The summed E-state index contributed by atoms with van der Waals surface area (Å²) in [5.74, 6) is 0.877. The van der Waals surface area contributed by atoms with Gasteiger partial charge >= 0.3 is 0 Å². The van der Waals surface area contributed by atoms with Gasteiger partial charge in [0.2, 0.25) is 5.78 Å². The molecule has 0 fully saturated rings. The summed E-state index contributed by atoms with van der Waals surface area (Å²) in [7, 11) is 1.58. The van der Waals surface area contributed by atoms with Gasteiger partial charge in [-0.3, -0.25) is 9.78 Å². The number of benzene rings is 1. The zero-order valence-corrected chi connectivity index (χ0v) is 11.4. The Kier molecular flexibility index (Phi) is 3.95. The van der Waals surface area contributed by atoms with E-state index in [9.17, 15) is 4.79 Å². The highest BCUT2D eigenvalue weighted by molar-refractivity contribution is 6.09. The van der Waals surface area contributed by atoms with Gasteiger partial charge in [-0.1, -0.05) is 26.0 Å². The van der Waals surface area contributed by atoms with Crippen molar-refractivity contribution in [3.63, 3.8) is 0 Å². The number of ketones is 1. The molecule has 0 bridgehead atoms.